The minimum Gasteiger partial charge on any atom is -0.356 e. The van der Waals surface area contributed by atoms with E-state index in [1.165, 1.54) is 0 Å². The summed E-state index contributed by atoms with van der Waals surface area (Å²) in [5.41, 5.74) is 1.82. The van der Waals surface area contributed by atoms with Crippen LogP contribution in [0.25, 0.3) is 11.0 Å². The van der Waals surface area contributed by atoms with Gasteiger partial charge in [-0.25, -0.2) is 23.4 Å². The number of nitrogens with one attached hydrogen (secondary N) is 1. The maximum absolute atomic E-state index is 13.2. The summed E-state index contributed by atoms with van der Waals surface area (Å²) in [7, 11) is -1.18. The number of hydrogen-bond donors (Lipinski definition) is 1. The minimum absolute atomic E-state index is 0.212. The van der Waals surface area contributed by atoms with Crippen molar-refractivity contribution in [2.45, 2.75) is 38.6 Å². The second-order valence-corrected chi connectivity index (χ2v) is 11.5. The van der Waals surface area contributed by atoms with Crippen LogP contribution in [-0.2, 0) is 10.0 Å². The fourth-order valence-electron chi connectivity index (χ4n) is 5.31. The highest BCUT2D eigenvalue weighted by atomic mass is 32.2. The lowest BCUT2D eigenvalue weighted by molar-refractivity contribution is 0.329. The van der Waals surface area contributed by atoms with Gasteiger partial charge in [-0.1, -0.05) is 6.07 Å². The van der Waals surface area contributed by atoms with Crippen molar-refractivity contribution in [1.82, 2.24) is 24.2 Å². The third-order valence-corrected chi connectivity index (χ3v) is 9.35. The van der Waals surface area contributed by atoms with Crippen LogP contribution in [0.2, 0.25) is 0 Å². The maximum atomic E-state index is 13.2. The predicted molar refractivity (Wildman–Crippen MR) is 135 cm³/mol. The van der Waals surface area contributed by atoms with Gasteiger partial charge in [0.05, 0.1) is 11.1 Å². The van der Waals surface area contributed by atoms with E-state index < -0.39 is 10.0 Å². The number of fused-ring (bicyclic) bond motifs is 1. The molecule has 182 valence electrons. The van der Waals surface area contributed by atoms with E-state index in [4.69, 9.17) is 0 Å². The number of aryl methyl sites for hydroxylation is 1. The molecule has 1 aliphatic heterocycles. The zero-order valence-corrected chi connectivity index (χ0v) is 20.7. The molecule has 1 saturated carbocycles. The van der Waals surface area contributed by atoms with Crippen molar-refractivity contribution in [3.05, 3.63) is 42.5 Å². The summed E-state index contributed by atoms with van der Waals surface area (Å²) in [6, 6.07) is 8.34. The van der Waals surface area contributed by atoms with E-state index in [1.807, 2.05) is 37.4 Å². The number of rotatable bonds is 6. The maximum Gasteiger partial charge on any atom is 0.214 e. The number of aromatic amines is 1. The molecular formula is C24H33N7O2S. The highest BCUT2D eigenvalue weighted by molar-refractivity contribution is 7.89. The zero-order chi connectivity index (χ0) is 23.7. The standard InChI is InChI=1S/C24H33N7O2S/c1-18-4-3-5-22(28-18)30-12-14-31(15-13-30)34(32,33)16-19-6-8-20(9-7-19)29(2)24-21-10-11-25-23(21)26-17-27-24/h3-5,10-11,17,19-20H,6-9,12-16H2,1-2H3,(H,25,26,27). The third kappa shape index (κ3) is 4.74. The molecule has 0 radical (unpaired) electrons. The summed E-state index contributed by atoms with van der Waals surface area (Å²) in [6.07, 6.45) is 7.26. The SMILES string of the molecule is Cc1cccc(N2CCN(S(=O)(=O)CC3CCC(N(C)c4ncnc5[nH]ccc45)CC3)CC2)n1. The predicted octanol–water partition coefficient (Wildman–Crippen LogP) is 2.81. The van der Waals surface area contributed by atoms with Crippen LogP contribution in [-0.4, -0.2) is 77.7 Å². The molecule has 9 nitrogen and oxygen atoms in total. The molecule has 0 atom stereocenters. The zero-order valence-electron chi connectivity index (χ0n) is 19.9. The van der Waals surface area contributed by atoms with E-state index in [2.05, 4.69) is 36.8 Å². The van der Waals surface area contributed by atoms with E-state index in [0.717, 1.165) is 54.0 Å². The molecular weight excluding hydrogens is 450 g/mol. The van der Waals surface area contributed by atoms with Crippen LogP contribution in [0.1, 0.15) is 31.4 Å². The van der Waals surface area contributed by atoms with E-state index in [9.17, 15) is 8.42 Å². The Kier molecular flexibility index (Phi) is 6.44. The molecule has 0 amide bonds. The number of H-pyrrole nitrogens is 1. The van der Waals surface area contributed by atoms with Crippen molar-refractivity contribution in [2.75, 3.05) is 48.8 Å². The molecule has 0 unspecified atom stereocenters. The fourth-order valence-corrected chi connectivity index (χ4v) is 7.17. The molecule has 1 aliphatic carbocycles. The lowest BCUT2D eigenvalue weighted by Crippen LogP contribution is -2.50. The summed E-state index contributed by atoms with van der Waals surface area (Å²) in [4.78, 5) is 20.9. The van der Waals surface area contributed by atoms with Crippen molar-refractivity contribution in [2.24, 2.45) is 5.92 Å². The molecule has 3 aromatic rings. The van der Waals surface area contributed by atoms with Gasteiger partial charge in [0.2, 0.25) is 10.0 Å². The summed E-state index contributed by atoms with van der Waals surface area (Å²) in [5, 5.41) is 1.02. The Morgan fingerprint density at radius 2 is 1.82 bits per heavy atom. The van der Waals surface area contributed by atoms with Gasteiger partial charge in [0.15, 0.2) is 0 Å². The molecule has 2 fully saturated rings. The van der Waals surface area contributed by atoms with Crippen molar-refractivity contribution in [3.8, 4) is 0 Å². The molecule has 5 rings (SSSR count). The molecule has 0 aromatic carbocycles. The Hall–Kier alpha value is -2.72. The first-order valence-corrected chi connectivity index (χ1v) is 13.7. The van der Waals surface area contributed by atoms with Crippen LogP contribution < -0.4 is 9.80 Å². The highest BCUT2D eigenvalue weighted by Crippen LogP contribution is 2.32. The largest absolute Gasteiger partial charge is 0.356 e. The van der Waals surface area contributed by atoms with Gasteiger partial charge < -0.3 is 14.8 Å². The van der Waals surface area contributed by atoms with Crippen LogP contribution in [0.4, 0.5) is 11.6 Å². The molecule has 3 aromatic heterocycles. The Morgan fingerprint density at radius 1 is 1.06 bits per heavy atom. The minimum atomic E-state index is -3.26. The number of hydrogen-bond acceptors (Lipinski definition) is 7. The number of piperazine rings is 1. The molecule has 0 spiro atoms. The first-order valence-electron chi connectivity index (χ1n) is 12.1. The number of anilines is 2. The summed E-state index contributed by atoms with van der Waals surface area (Å²) in [5.74, 6) is 2.33. The smallest absolute Gasteiger partial charge is 0.214 e. The van der Waals surface area contributed by atoms with Gasteiger partial charge >= 0.3 is 0 Å². The van der Waals surface area contributed by atoms with Gasteiger partial charge in [-0.05, 0) is 56.7 Å². The van der Waals surface area contributed by atoms with Crippen LogP contribution in [0.5, 0.6) is 0 Å². The lowest BCUT2D eigenvalue weighted by Gasteiger charge is -2.37. The Balaban J connectivity index is 1.14. The summed E-state index contributed by atoms with van der Waals surface area (Å²) >= 11 is 0. The van der Waals surface area contributed by atoms with E-state index in [-0.39, 0.29) is 11.7 Å². The first-order chi connectivity index (χ1) is 16.4. The second kappa shape index (κ2) is 9.50. The molecule has 4 heterocycles. The normalized spacial score (nSPS) is 22.2. The number of sulfonamides is 1. The summed E-state index contributed by atoms with van der Waals surface area (Å²) < 4.78 is 28.0. The third-order valence-electron chi connectivity index (χ3n) is 7.31. The van der Waals surface area contributed by atoms with Crippen molar-refractivity contribution >= 4 is 32.7 Å². The Bertz CT molecular complexity index is 1230. The van der Waals surface area contributed by atoms with Crippen LogP contribution in [0, 0.1) is 12.8 Å². The Labute approximate surface area is 201 Å². The topological polar surface area (TPSA) is 98.3 Å². The average molecular weight is 484 g/mol. The van der Waals surface area contributed by atoms with Gasteiger partial charge in [-0.15, -0.1) is 0 Å². The van der Waals surface area contributed by atoms with Crippen molar-refractivity contribution < 1.29 is 8.42 Å². The molecule has 2 aliphatic rings. The molecule has 1 N–H and O–H groups in total. The van der Waals surface area contributed by atoms with E-state index in [1.54, 1.807) is 10.6 Å². The number of nitrogens with zero attached hydrogens (tertiary/aromatic N) is 6. The average Bonchev–Trinajstić information content (AvgIpc) is 3.33. The van der Waals surface area contributed by atoms with Gasteiger partial charge in [0, 0.05) is 51.2 Å². The van der Waals surface area contributed by atoms with E-state index in [0.29, 0.717) is 32.2 Å². The lowest BCUT2D eigenvalue weighted by atomic mass is 9.86. The Morgan fingerprint density at radius 3 is 2.56 bits per heavy atom. The van der Waals surface area contributed by atoms with Gasteiger partial charge in [-0.3, -0.25) is 0 Å². The van der Waals surface area contributed by atoms with Crippen LogP contribution >= 0.6 is 0 Å². The highest BCUT2D eigenvalue weighted by Gasteiger charge is 2.33. The van der Waals surface area contributed by atoms with Crippen molar-refractivity contribution in [3.63, 3.8) is 0 Å². The molecule has 0 bridgehead atoms. The molecule has 34 heavy (non-hydrogen) atoms. The number of pyridine rings is 1. The van der Waals surface area contributed by atoms with Crippen LogP contribution in [0.15, 0.2) is 36.8 Å². The van der Waals surface area contributed by atoms with Gasteiger partial charge in [0.25, 0.3) is 0 Å². The monoisotopic (exact) mass is 483 g/mol. The fraction of sp³-hybridized carbons (Fsp3) is 0.542. The van der Waals surface area contributed by atoms with Crippen LogP contribution in [0.3, 0.4) is 0 Å². The first kappa shape index (κ1) is 23.0. The van der Waals surface area contributed by atoms with Crippen molar-refractivity contribution in [1.29, 1.82) is 0 Å². The van der Waals surface area contributed by atoms with E-state index >= 15 is 0 Å². The van der Waals surface area contributed by atoms with Gasteiger partial charge in [-0.2, -0.15) is 4.31 Å². The number of aromatic nitrogens is 4. The molecule has 10 heteroatoms. The summed E-state index contributed by atoms with van der Waals surface area (Å²) in [6.45, 7) is 4.39. The second-order valence-electron chi connectivity index (χ2n) is 9.52. The molecule has 1 saturated heterocycles. The quantitative estimate of drug-likeness (QED) is 0.576. The van der Waals surface area contributed by atoms with Gasteiger partial charge in [0.1, 0.15) is 23.6 Å².